The van der Waals surface area contributed by atoms with Gasteiger partial charge in [-0.05, 0) is 43.9 Å². The topological polar surface area (TPSA) is 26.3 Å². The first-order chi connectivity index (χ1) is 6.74. The van der Waals surface area contributed by atoms with E-state index in [4.69, 9.17) is 0 Å². The Morgan fingerprint density at radius 1 is 1.29 bits per heavy atom. The Morgan fingerprint density at radius 3 is 2.36 bits per heavy atom. The second-order valence-corrected chi connectivity index (χ2v) is 4.68. The molecular formula is C12H18O2. The molecule has 2 rings (SSSR count). The first-order valence-corrected chi connectivity index (χ1v) is 5.52. The Kier molecular flexibility index (Phi) is 2.62. The maximum Gasteiger partial charge on any atom is 0.330 e. The molecule has 1 spiro atoms. The number of hydrogen-bond donors (Lipinski definition) is 0. The Bertz CT molecular complexity index is 249. The van der Waals surface area contributed by atoms with Crippen molar-refractivity contribution in [2.24, 2.45) is 5.41 Å². The molecule has 0 aromatic carbocycles. The lowest BCUT2D eigenvalue weighted by atomic mass is 9.60. The van der Waals surface area contributed by atoms with E-state index in [1.807, 2.05) is 0 Å². The van der Waals surface area contributed by atoms with Crippen molar-refractivity contribution in [3.05, 3.63) is 11.6 Å². The second-order valence-electron chi connectivity index (χ2n) is 4.68. The van der Waals surface area contributed by atoms with Crippen molar-refractivity contribution in [2.45, 2.75) is 44.9 Å². The molecule has 0 atom stereocenters. The van der Waals surface area contributed by atoms with Crippen LogP contribution in [0, 0.1) is 5.41 Å². The average Bonchev–Trinajstić information content (AvgIpc) is 2.16. The summed E-state index contributed by atoms with van der Waals surface area (Å²) < 4.78 is 4.63. The summed E-state index contributed by atoms with van der Waals surface area (Å²) in [7, 11) is 1.44. The molecule has 0 aromatic heterocycles. The fourth-order valence-electron chi connectivity index (χ4n) is 2.65. The van der Waals surface area contributed by atoms with Gasteiger partial charge in [0.1, 0.15) is 0 Å². The Balaban J connectivity index is 1.89. The van der Waals surface area contributed by atoms with E-state index in [2.05, 4.69) is 4.74 Å². The normalized spacial score (nSPS) is 24.2. The molecule has 2 nitrogen and oxygen atoms in total. The fourth-order valence-corrected chi connectivity index (χ4v) is 2.65. The van der Waals surface area contributed by atoms with Gasteiger partial charge in [-0.1, -0.05) is 12.0 Å². The van der Waals surface area contributed by atoms with Crippen molar-refractivity contribution in [2.75, 3.05) is 7.11 Å². The third-order valence-electron chi connectivity index (χ3n) is 3.89. The van der Waals surface area contributed by atoms with Gasteiger partial charge in [-0.25, -0.2) is 4.79 Å². The van der Waals surface area contributed by atoms with Gasteiger partial charge in [0.2, 0.25) is 0 Å². The molecule has 14 heavy (non-hydrogen) atoms. The van der Waals surface area contributed by atoms with Crippen molar-refractivity contribution < 1.29 is 9.53 Å². The maximum atomic E-state index is 11.0. The van der Waals surface area contributed by atoms with Crippen LogP contribution in [0.2, 0.25) is 0 Å². The summed E-state index contributed by atoms with van der Waals surface area (Å²) in [6.07, 6.45) is 10.7. The predicted octanol–water partition coefficient (Wildman–Crippen LogP) is 2.83. The van der Waals surface area contributed by atoms with E-state index < -0.39 is 0 Å². The van der Waals surface area contributed by atoms with Crippen LogP contribution < -0.4 is 0 Å². The van der Waals surface area contributed by atoms with Crippen molar-refractivity contribution in [1.82, 2.24) is 0 Å². The summed E-state index contributed by atoms with van der Waals surface area (Å²) in [5.74, 6) is -0.190. The number of allylic oxidation sites excluding steroid dienone is 1. The van der Waals surface area contributed by atoms with Crippen molar-refractivity contribution in [3.8, 4) is 0 Å². The highest BCUT2D eigenvalue weighted by atomic mass is 16.5. The Morgan fingerprint density at radius 2 is 1.93 bits per heavy atom. The molecule has 0 aliphatic heterocycles. The highest BCUT2D eigenvalue weighted by Gasteiger charge is 2.38. The first-order valence-electron chi connectivity index (χ1n) is 5.52. The number of esters is 1. The molecule has 78 valence electrons. The summed E-state index contributed by atoms with van der Waals surface area (Å²) in [6.45, 7) is 0. The minimum Gasteiger partial charge on any atom is -0.466 e. The van der Waals surface area contributed by atoms with Crippen molar-refractivity contribution >= 4 is 5.97 Å². The summed E-state index contributed by atoms with van der Waals surface area (Å²) in [6, 6.07) is 0. The van der Waals surface area contributed by atoms with Crippen LogP contribution in [0.5, 0.6) is 0 Å². The van der Waals surface area contributed by atoms with E-state index in [0.29, 0.717) is 5.41 Å². The van der Waals surface area contributed by atoms with Gasteiger partial charge in [0.05, 0.1) is 7.11 Å². The standard InChI is InChI=1S/C12H18O2/c1-14-11(13)9-10-3-7-12(8-4-10)5-2-6-12/h9H,2-8H2,1H3. The van der Waals surface area contributed by atoms with Crippen LogP contribution in [-0.2, 0) is 9.53 Å². The smallest absolute Gasteiger partial charge is 0.330 e. The zero-order valence-corrected chi connectivity index (χ0v) is 8.84. The van der Waals surface area contributed by atoms with Gasteiger partial charge in [0.25, 0.3) is 0 Å². The van der Waals surface area contributed by atoms with Gasteiger partial charge in [-0.2, -0.15) is 0 Å². The van der Waals surface area contributed by atoms with Crippen LogP contribution in [0.4, 0.5) is 0 Å². The number of carbonyl (C=O) groups excluding carboxylic acids is 1. The number of rotatable bonds is 1. The van der Waals surface area contributed by atoms with E-state index in [-0.39, 0.29) is 5.97 Å². The highest BCUT2D eigenvalue weighted by molar-refractivity contribution is 5.82. The average molecular weight is 194 g/mol. The van der Waals surface area contributed by atoms with Crippen molar-refractivity contribution in [3.63, 3.8) is 0 Å². The molecule has 0 saturated heterocycles. The van der Waals surface area contributed by atoms with Crippen LogP contribution in [0.15, 0.2) is 11.6 Å². The van der Waals surface area contributed by atoms with Gasteiger partial charge in [0, 0.05) is 6.08 Å². The predicted molar refractivity (Wildman–Crippen MR) is 54.9 cm³/mol. The summed E-state index contributed by atoms with van der Waals surface area (Å²) >= 11 is 0. The van der Waals surface area contributed by atoms with Gasteiger partial charge in [0.15, 0.2) is 0 Å². The lowest BCUT2D eigenvalue weighted by Crippen LogP contribution is -2.32. The molecule has 0 aromatic rings. The lowest BCUT2D eigenvalue weighted by Gasteiger charge is -2.45. The van der Waals surface area contributed by atoms with E-state index >= 15 is 0 Å². The maximum absolute atomic E-state index is 11.0. The molecule has 0 heterocycles. The number of hydrogen-bond acceptors (Lipinski definition) is 2. The van der Waals surface area contributed by atoms with Crippen LogP contribution >= 0.6 is 0 Å². The summed E-state index contributed by atoms with van der Waals surface area (Å²) in [4.78, 5) is 11.0. The van der Waals surface area contributed by atoms with E-state index in [9.17, 15) is 4.79 Å². The molecule has 2 heteroatoms. The minimum absolute atomic E-state index is 0.190. The molecule has 2 aliphatic rings. The van der Waals surface area contributed by atoms with Gasteiger partial charge in [-0.3, -0.25) is 0 Å². The van der Waals surface area contributed by atoms with E-state index in [1.54, 1.807) is 6.08 Å². The van der Waals surface area contributed by atoms with E-state index in [1.165, 1.54) is 44.8 Å². The van der Waals surface area contributed by atoms with Gasteiger partial charge < -0.3 is 4.74 Å². The van der Waals surface area contributed by atoms with Gasteiger partial charge >= 0.3 is 5.97 Å². The largest absolute Gasteiger partial charge is 0.466 e. The monoisotopic (exact) mass is 194 g/mol. The first kappa shape index (κ1) is 9.75. The number of carbonyl (C=O) groups is 1. The minimum atomic E-state index is -0.190. The Hall–Kier alpha value is -0.790. The zero-order valence-electron chi connectivity index (χ0n) is 8.84. The molecule has 0 N–H and O–H groups in total. The van der Waals surface area contributed by atoms with Crippen molar-refractivity contribution in [1.29, 1.82) is 0 Å². The fraction of sp³-hybridized carbons (Fsp3) is 0.750. The SMILES string of the molecule is COC(=O)C=C1CCC2(CCC2)CC1. The molecule has 2 fully saturated rings. The summed E-state index contributed by atoms with van der Waals surface area (Å²) in [5.41, 5.74) is 1.96. The van der Waals surface area contributed by atoms with Crippen LogP contribution in [0.1, 0.15) is 44.9 Å². The second kappa shape index (κ2) is 3.76. The summed E-state index contributed by atoms with van der Waals surface area (Å²) in [5, 5.41) is 0. The van der Waals surface area contributed by atoms with Gasteiger partial charge in [-0.15, -0.1) is 0 Å². The quantitative estimate of drug-likeness (QED) is 0.474. The van der Waals surface area contributed by atoms with E-state index in [0.717, 1.165) is 12.8 Å². The molecule has 2 aliphatic carbocycles. The Labute approximate surface area is 85.3 Å². The lowest BCUT2D eigenvalue weighted by molar-refractivity contribution is -0.134. The molecule has 0 amide bonds. The molecular weight excluding hydrogens is 176 g/mol. The zero-order chi connectivity index (χ0) is 10.0. The van der Waals surface area contributed by atoms with Crippen LogP contribution in [0.3, 0.4) is 0 Å². The molecule has 2 saturated carbocycles. The highest BCUT2D eigenvalue weighted by Crippen LogP contribution is 2.52. The molecule has 0 unspecified atom stereocenters. The third kappa shape index (κ3) is 1.84. The number of methoxy groups -OCH3 is 1. The molecule has 0 bridgehead atoms. The number of ether oxygens (including phenoxy) is 1. The third-order valence-corrected chi connectivity index (χ3v) is 3.89. The molecule has 0 radical (unpaired) electrons. The van der Waals surface area contributed by atoms with Crippen LogP contribution in [0.25, 0.3) is 0 Å². The van der Waals surface area contributed by atoms with Crippen LogP contribution in [-0.4, -0.2) is 13.1 Å².